The van der Waals surface area contributed by atoms with Gasteiger partial charge in [-0.2, -0.15) is 5.26 Å². The molecule has 0 radical (unpaired) electrons. The zero-order valence-electron chi connectivity index (χ0n) is 39.6. The van der Waals surface area contributed by atoms with Crippen LogP contribution in [0.5, 0.6) is 17.2 Å². The van der Waals surface area contributed by atoms with Crippen molar-refractivity contribution in [3.8, 4) is 45.8 Å². The molecule has 10 N–H and O–H groups in total. The first kappa shape index (κ1) is 51.3. The van der Waals surface area contributed by atoms with Crippen LogP contribution in [-0.2, 0) is 25.6 Å². The lowest BCUT2D eigenvalue weighted by Gasteiger charge is -2.32. The molecular formula is C50H63N11O8. The number of likely N-dealkylation sites (N-methyl/N-ethyl adjacent to an activating group) is 1. The summed E-state index contributed by atoms with van der Waals surface area (Å²) < 4.78 is 18.4. The molecule has 2 aliphatic rings. The van der Waals surface area contributed by atoms with Crippen molar-refractivity contribution >= 4 is 29.5 Å². The van der Waals surface area contributed by atoms with E-state index in [1.54, 1.807) is 50.2 Å². The lowest BCUT2D eigenvalue weighted by Crippen LogP contribution is -2.56. The summed E-state index contributed by atoms with van der Waals surface area (Å²) in [6.45, 7) is 5.18. The Bertz CT molecular complexity index is 2500. The number of rotatable bonds is 17. The number of hydrogen-bond donors (Lipinski definition) is 7. The predicted octanol–water partition coefficient (Wildman–Crippen LogP) is 2.65. The monoisotopic (exact) mass is 945 g/mol. The standard InChI is InChI=1S/C50H63N11O8/c1-29-43(30(2)57-45(56-29)33-11-14-36(15-12-33)69-35-8-6-5-7-9-35)48(64)59-39(18-19-51)50(66)61(4)44-34-13-17-42(68-25-22-54)38(28-34)37-26-32(10-16-41(37)67-24-21-53)27-40(47(63)55-23-20-52)60-46(62)31(3)58-49(44)65/h10-17,26,28,31,35,39-40,44H,5-9,18-19,21-25,27,51,53-54H2,1-4H3,(H,55,63)(H,58,65)(H,59,64)(H,60,62). The van der Waals surface area contributed by atoms with E-state index < -0.39 is 53.7 Å². The van der Waals surface area contributed by atoms with E-state index in [-0.39, 0.29) is 63.9 Å². The molecule has 1 saturated carbocycles. The Morgan fingerprint density at radius 2 is 1.49 bits per heavy atom. The average Bonchev–Trinajstić information content (AvgIpc) is 3.34. The van der Waals surface area contributed by atoms with Crippen molar-refractivity contribution in [2.24, 2.45) is 17.2 Å². The van der Waals surface area contributed by atoms with E-state index in [4.69, 9.17) is 31.4 Å². The number of nitrogens with two attached hydrogens (primary N) is 3. The molecule has 19 nitrogen and oxygen atoms in total. The van der Waals surface area contributed by atoms with Crippen molar-refractivity contribution in [1.29, 1.82) is 5.26 Å². The van der Waals surface area contributed by atoms with Crippen LogP contribution in [0.1, 0.15) is 84.4 Å². The second-order valence-electron chi connectivity index (χ2n) is 17.2. The molecule has 3 aromatic carbocycles. The Labute approximate surface area is 402 Å². The molecule has 69 heavy (non-hydrogen) atoms. The van der Waals surface area contributed by atoms with Gasteiger partial charge >= 0.3 is 0 Å². The van der Waals surface area contributed by atoms with E-state index >= 15 is 0 Å². The van der Waals surface area contributed by atoms with Crippen LogP contribution in [0.25, 0.3) is 22.5 Å². The molecule has 1 aromatic heterocycles. The summed E-state index contributed by atoms with van der Waals surface area (Å²) in [5.74, 6) is -1.40. The molecule has 0 saturated heterocycles. The first-order valence-corrected chi connectivity index (χ1v) is 23.3. The van der Waals surface area contributed by atoms with Gasteiger partial charge in [-0.05, 0) is 119 Å². The normalized spacial score (nSPS) is 17.7. The van der Waals surface area contributed by atoms with Crippen molar-refractivity contribution in [3.63, 3.8) is 0 Å². The SMILES string of the molecule is Cc1nc(-c2ccc(OC3CCCCC3)cc2)nc(C)c1C(=O)NC(CCN)C(=O)N(C)C1C(=O)NC(C)C(=O)NC(C(=O)NCC#N)Cc2ccc(OCCN)c(c2)-c2cc1ccc2OCCN. The summed E-state index contributed by atoms with van der Waals surface area (Å²) in [7, 11) is 1.42. The van der Waals surface area contributed by atoms with Gasteiger partial charge in [0.2, 0.25) is 23.6 Å². The largest absolute Gasteiger partial charge is 0.492 e. The molecular weight excluding hydrogens is 883 g/mol. The van der Waals surface area contributed by atoms with Gasteiger partial charge in [0.15, 0.2) is 5.82 Å². The molecule has 19 heteroatoms. The van der Waals surface area contributed by atoms with Crippen LogP contribution in [0.15, 0.2) is 60.7 Å². The number of nitriles is 1. The van der Waals surface area contributed by atoms with Gasteiger partial charge in [-0.25, -0.2) is 9.97 Å². The number of hydrogen-bond acceptors (Lipinski definition) is 14. The molecule has 4 bridgehead atoms. The van der Waals surface area contributed by atoms with E-state index in [1.165, 1.54) is 25.3 Å². The zero-order valence-corrected chi connectivity index (χ0v) is 39.6. The Kier molecular flexibility index (Phi) is 18.0. The maximum atomic E-state index is 14.8. The third-order valence-corrected chi connectivity index (χ3v) is 12.1. The average molecular weight is 946 g/mol. The molecule has 4 unspecified atom stereocenters. The van der Waals surface area contributed by atoms with Crippen molar-refractivity contribution in [2.45, 2.75) is 96.0 Å². The van der Waals surface area contributed by atoms with Gasteiger partial charge in [0, 0.05) is 43.2 Å². The highest BCUT2D eigenvalue weighted by Gasteiger charge is 2.36. The molecule has 4 aromatic rings. The van der Waals surface area contributed by atoms with E-state index in [1.807, 2.05) is 30.3 Å². The molecule has 1 fully saturated rings. The minimum Gasteiger partial charge on any atom is -0.492 e. The number of nitrogens with zero attached hydrogens (tertiary/aromatic N) is 4. The molecule has 1 aliphatic heterocycles. The number of aromatic nitrogens is 2. The smallest absolute Gasteiger partial charge is 0.255 e. The molecule has 1 aliphatic carbocycles. The quantitative estimate of drug-likeness (QED) is 0.0750. The number of benzene rings is 3. The van der Waals surface area contributed by atoms with Crippen LogP contribution in [0.2, 0.25) is 0 Å². The second-order valence-corrected chi connectivity index (χ2v) is 17.2. The minimum absolute atomic E-state index is 0.000106. The van der Waals surface area contributed by atoms with Crippen LogP contribution in [-0.4, -0.2) is 115 Å². The maximum Gasteiger partial charge on any atom is 0.255 e. The van der Waals surface area contributed by atoms with Gasteiger partial charge in [-0.15, -0.1) is 0 Å². The number of carbonyl (C=O) groups excluding carboxylic acids is 5. The molecule has 2 heterocycles. The lowest BCUT2D eigenvalue weighted by atomic mass is 9.93. The van der Waals surface area contributed by atoms with Crippen molar-refractivity contribution < 1.29 is 38.2 Å². The third-order valence-electron chi connectivity index (χ3n) is 12.1. The van der Waals surface area contributed by atoms with Crippen molar-refractivity contribution in [2.75, 3.05) is 46.4 Å². The summed E-state index contributed by atoms with van der Waals surface area (Å²) in [5.41, 5.74) is 21.3. The molecule has 6 rings (SSSR count). The van der Waals surface area contributed by atoms with Crippen molar-refractivity contribution in [3.05, 3.63) is 88.7 Å². The summed E-state index contributed by atoms with van der Waals surface area (Å²) in [6, 6.07) is 14.6. The number of amides is 5. The Morgan fingerprint density at radius 3 is 2.12 bits per heavy atom. The summed E-state index contributed by atoms with van der Waals surface area (Å²) in [6.07, 6.45) is 5.83. The van der Waals surface area contributed by atoms with E-state index in [9.17, 15) is 29.2 Å². The van der Waals surface area contributed by atoms with Gasteiger partial charge in [0.1, 0.15) is 61.2 Å². The van der Waals surface area contributed by atoms with E-state index in [2.05, 4.69) is 31.2 Å². The Balaban J connectivity index is 1.34. The van der Waals surface area contributed by atoms with Crippen LogP contribution in [0.4, 0.5) is 0 Å². The van der Waals surface area contributed by atoms with Gasteiger partial charge < -0.3 is 57.6 Å². The second kappa shape index (κ2) is 24.2. The Hall–Kier alpha value is -7.14. The Morgan fingerprint density at radius 1 is 0.855 bits per heavy atom. The summed E-state index contributed by atoms with van der Waals surface area (Å²) >= 11 is 0. The van der Waals surface area contributed by atoms with E-state index in [0.717, 1.165) is 37.0 Å². The fourth-order valence-corrected chi connectivity index (χ4v) is 8.59. The molecule has 366 valence electrons. The summed E-state index contributed by atoms with van der Waals surface area (Å²) in [4.78, 5) is 81.2. The molecule has 5 amide bonds. The third kappa shape index (κ3) is 12.9. The maximum absolute atomic E-state index is 14.8. The fourth-order valence-electron chi connectivity index (χ4n) is 8.59. The topological polar surface area (TPSA) is 292 Å². The fraction of sp³-hybridized carbons (Fsp3) is 0.440. The first-order valence-electron chi connectivity index (χ1n) is 23.3. The zero-order chi connectivity index (χ0) is 49.6. The van der Waals surface area contributed by atoms with Gasteiger partial charge in [0.25, 0.3) is 5.91 Å². The van der Waals surface area contributed by atoms with Gasteiger partial charge in [0.05, 0.1) is 29.1 Å². The van der Waals surface area contributed by atoms with Crippen molar-refractivity contribution in [1.82, 2.24) is 36.1 Å². The summed E-state index contributed by atoms with van der Waals surface area (Å²) in [5, 5.41) is 20.0. The highest BCUT2D eigenvalue weighted by atomic mass is 16.5. The predicted molar refractivity (Wildman–Crippen MR) is 258 cm³/mol. The highest BCUT2D eigenvalue weighted by molar-refractivity contribution is 6.00. The lowest BCUT2D eigenvalue weighted by molar-refractivity contribution is -0.141. The number of carbonyl (C=O) groups is 5. The number of fused-ring (bicyclic) bond motifs is 5. The van der Waals surface area contributed by atoms with Crippen LogP contribution in [0, 0.1) is 25.2 Å². The molecule has 4 atom stereocenters. The molecule has 0 spiro atoms. The van der Waals surface area contributed by atoms with Crippen LogP contribution < -0.4 is 52.7 Å². The van der Waals surface area contributed by atoms with Crippen LogP contribution in [0.3, 0.4) is 0 Å². The number of aryl methyl sites for hydroxylation is 2. The van der Waals surface area contributed by atoms with Gasteiger partial charge in [-0.1, -0.05) is 18.6 Å². The highest BCUT2D eigenvalue weighted by Crippen LogP contribution is 2.40. The first-order chi connectivity index (χ1) is 33.3. The van der Waals surface area contributed by atoms with Crippen LogP contribution >= 0.6 is 0 Å². The number of nitrogens with one attached hydrogen (secondary N) is 4. The van der Waals surface area contributed by atoms with E-state index in [0.29, 0.717) is 51.0 Å². The minimum atomic E-state index is -1.41. The number of ether oxygens (including phenoxy) is 3. The van der Waals surface area contributed by atoms with Gasteiger partial charge in [-0.3, -0.25) is 24.0 Å².